The number of ether oxygens (including phenoxy) is 3. The highest BCUT2D eigenvalue weighted by atomic mass is 16.6. The molecule has 0 unspecified atom stereocenters. The van der Waals surface area contributed by atoms with Gasteiger partial charge in [-0.05, 0) is 42.0 Å². The standard InChI is InChI=1S/C24H23NO4/c1-24(2)16-27-23(26)25-22(24)17-13-14-20(28-18-9-5-3-6-10-18)21(15-17)29-19-11-7-4-8-12-19/h3-15,22H,16H2,1-2H3,(H,25,26)/t22-/m0/s1. The van der Waals surface area contributed by atoms with Crippen LogP contribution in [0.2, 0.25) is 0 Å². The third-order valence-corrected chi connectivity index (χ3v) is 4.86. The zero-order chi connectivity index (χ0) is 20.3. The lowest BCUT2D eigenvalue weighted by molar-refractivity contribution is 0.0387. The molecule has 0 spiro atoms. The maximum atomic E-state index is 11.8. The largest absolute Gasteiger partial charge is 0.453 e. The van der Waals surface area contributed by atoms with Crippen LogP contribution < -0.4 is 14.8 Å². The Morgan fingerprint density at radius 1 is 0.862 bits per heavy atom. The van der Waals surface area contributed by atoms with Crippen molar-refractivity contribution in [3.05, 3.63) is 84.4 Å². The van der Waals surface area contributed by atoms with E-state index >= 15 is 0 Å². The summed E-state index contributed by atoms with van der Waals surface area (Å²) >= 11 is 0. The molecule has 1 heterocycles. The summed E-state index contributed by atoms with van der Waals surface area (Å²) < 4.78 is 17.4. The minimum absolute atomic E-state index is 0.201. The second kappa shape index (κ2) is 7.87. The maximum absolute atomic E-state index is 11.8. The molecule has 1 aliphatic heterocycles. The number of hydrogen-bond donors (Lipinski definition) is 1. The normalized spacial score (nSPS) is 17.7. The van der Waals surface area contributed by atoms with Gasteiger partial charge in [0, 0.05) is 5.41 Å². The molecule has 1 saturated heterocycles. The Kier molecular flexibility index (Phi) is 5.12. The number of rotatable bonds is 5. The van der Waals surface area contributed by atoms with Crippen LogP contribution in [0.25, 0.3) is 0 Å². The van der Waals surface area contributed by atoms with E-state index in [-0.39, 0.29) is 11.5 Å². The molecule has 1 N–H and O–H groups in total. The lowest BCUT2D eigenvalue weighted by Gasteiger charge is -2.38. The average molecular weight is 389 g/mol. The van der Waals surface area contributed by atoms with Gasteiger partial charge in [-0.2, -0.15) is 0 Å². The summed E-state index contributed by atoms with van der Waals surface area (Å²) in [6.45, 7) is 4.47. The number of carbonyl (C=O) groups excluding carboxylic acids is 1. The van der Waals surface area contributed by atoms with E-state index in [2.05, 4.69) is 19.2 Å². The van der Waals surface area contributed by atoms with Gasteiger partial charge in [-0.3, -0.25) is 0 Å². The van der Waals surface area contributed by atoms with Gasteiger partial charge >= 0.3 is 6.09 Å². The van der Waals surface area contributed by atoms with Crippen molar-refractivity contribution >= 4 is 6.09 Å². The molecular weight excluding hydrogens is 366 g/mol. The number of cyclic esters (lactones) is 1. The number of alkyl carbamates (subject to hydrolysis) is 1. The Balaban J connectivity index is 1.71. The van der Waals surface area contributed by atoms with E-state index in [1.165, 1.54) is 0 Å². The van der Waals surface area contributed by atoms with E-state index < -0.39 is 6.09 Å². The number of nitrogens with one attached hydrogen (secondary N) is 1. The molecule has 0 saturated carbocycles. The molecule has 4 rings (SSSR count). The van der Waals surface area contributed by atoms with Crippen molar-refractivity contribution in [3.63, 3.8) is 0 Å². The van der Waals surface area contributed by atoms with Crippen molar-refractivity contribution in [2.75, 3.05) is 6.61 Å². The van der Waals surface area contributed by atoms with E-state index in [4.69, 9.17) is 14.2 Å². The highest BCUT2D eigenvalue weighted by Crippen LogP contribution is 2.41. The molecule has 5 nitrogen and oxygen atoms in total. The van der Waals surface area contributed by atoms with Gasteiger partial charge in [-0.25, -0.2) is 4.79 Å². The lowest BCUT2D eigenvalue weighted by Crippen LogP contribution is -2.46. The van der Waals surface area contributed by atoms with Crippen LogP contribution >= 0.6 is 0 Å². The summed E-state index contributed by atoms with van der Waals surface area (Å²) in [5.74, 6) is 2.60. The summed E-state index contributed by atoms with van der Waals surface area (Å²) in [6, 6.07) is 24.6. The summed E-state index contributed by atoms with van der Waals surface area (Å²) in [5.41, 5.74) is 0.665. The van der Waals surface area contributed by atoms with Crippen LogP contribution in [0.15, 0.2) is 78.9 Å². The molecule has 0 aliphatic carbocycles. The zero-order valence-electron chi connectivity index (χ0n) is 16.4. The van der Waals surface area contributed by atoms with Crippen LogP contribution in [0.1, 0.15) is 25.5 Å². The highest BCUT2D eigenvalue weighted by Gasteiger charge is 2.38. The molecule has 1 atom stereocenters. The van der Waals surface area contributed by atoms with Gasteiger partial charge in [0.05, 0.1) is 6.04 Å². The first kappa shape index (κ1) is 18.9. The van der Waals surface area contributed by atoms with Gasteiger partial charge in [-0.1, -0.05) is 56.3 Å². The lowest BCUT2D eigenvalue weighted by atomic mass is 9.80. The van der Waals surface area contributed by atoms with Gasteiger partial charge in [0.1, 0.15) is 18.1 Å². The van der Waals surface area contributed by atoms with Crippen LogP contribution in [0.5, 0.6) is 23.0 Å². The second-order valence-electron chi connectivity index (χ2n) is 7.68. The predicted octanol–water partition coefficient (Wildman–Crippen LogP) is 6.08. The molecule has 5 heteroatoms. The van der Waals surface area contributed by atoms with Crippen LogP contribution in [0.4, 0.5) is 4.79 Å². The van der Waals surface area contributed by atoms with E-state index in [0.29, 0.717) is 23.9 Å². The molecule has 148 valence electrons. The molecular formula is C24H23NO4. The first-order chi connectivity index (χ1) is 14.0. The maximum Gasteiger partial charge on any atom is 0.407 e. The minimum Gasteiger partial charge on any atom is -0.453 e. The van der Waals surface area contributed by atoms with Gasteiger partial charge in [0.2, 0.25) is 0 Å². The van der Waals surface area contributed by atoms with Crippen molar-refractivity contribution in [2.24, 2.45) is 5.41 Å². The van der Waals surface area contributed by atoms with Crippen molar-refractivity contribution in [1.82, 2.24) is 5.32 Å². The molecule has 0 aromatic heterocycles. The molecule has 3 aromatic carbocycles. The molecule has 0 radical (unpaired) electrons. The van der Waals surface area contributed by atoms with Gasteiger partial charge in [0.25, 0.3) is 0 Å². The Labute approximate surface area is 170 Å². The number of carbonyl (C=O) groups is 1. The quantitative estimate of drug-likeness (QED) is 0.575. The van der Waals surface area contributed by atoms with E-state index in [1.807, 2.05) is 78.9 Å². The van der Waals surface area contributed by atoms with Gasteiger partial charge in [0.15, 0.2) is 11.5 Å². The molecule has 1 amide bonds. The first-order valence-electron chi connectivity index (χ1n) is 9.54. The van der Waals surface area contributed by atoms with E-state index in [9.17, 15) is 4.79 Å². The predicted molar refractivity (Wildman–Crippen MR) is 110 cm³/mol. The Bertz CT molecular complexity index is 986. The van der Waals surface area contributed by atoms with Crippen molar-refractivity contribution in [2.45, 2.75) is 19.9 Å². The average Bonchev–Trinajstić information content (AvgIpc) is 2.73. The summed E-state index contributed by atoms with van der Waals surface area (Å²) in [4.78, 5) is 11.8. The van der Waals surface area contributed by atoms with Gasteiger partial charge < -0.3 is 19.5 Å². The molecule has 0 bridgehead atoms. The van der Waals surface area contributed by atoms with Crippen LogP contribution in [-0.4, -0.2) is 12.7 Å². The third-order valence-electron chi connectivity index (χ3n) is 4.86. The van der Waals surface area contributed by atoms with Crippen LogP contribution in [0.3, 0.4) is 0 Å². The number of benzene rings is 3. The van der Waals surface area contributed by atoms with Crippen molar-refractivity contribution in [3.8, 4) is 23.0 Å². The van der Waals surface area contributed by atoms with E-state index in [1.54, 1.807) is 0 Å². The summed E-state index contributed by atoms with van der Waals surface area (Å²) in [5, 5.41) is 2.93. The fraction of sp³-hybridized carbons (Fsp3) is 0.208. The second-order valence-corrected chi connectivity index (χ2v) is 7.68. The fourth-order valence-electron chi connectivity index (χ4n) is 3.32. The molecule has 3 aromatic rings. The molecule has 29 heavy (non-hydrogen) atoms. The van der Waals surface area contributed by atoms with Crippen molar-refractivity contribution < 1.29 is 19.0 Å². The van der Waals surface area contributed by atoms with Gasteiger partial charge in [-0.15, -0.1) is 0 Å². The molecule has 1 aliphatic rings. The van der Waals surface area contributed by atoms with Crippen molar-refractivity contribution in [1.29, 1.82) is 0 Å². The SMILES string of the molecule is CC1(C)COC(=O)N[C@H]1c1ccc(Oc2ccccc2)c(Oc2ccccc2)c1. The number of para-hydroxylation sites is 2. The smallest absolute Gasteiger partial charge is 0.407 e. The summed E-state index contributed by atoms with van der Waals surface area (Å²) in [6.07, 6.45) is -0.413. The monoisotopic (exact) mass is 389 g/mol. The highest BCUT2D eigenvalue weighted by molar-refractivity contribution is 5.69. The fourth-order valence-corrected chi connectivity index (χ4v) is 3.32. The minimum atomic E-state index is -0.413. The topological polar surface area (TPSA) is 56.8 Å². The summed E-state index contributed by atoms with van der Waals surface area (Å²) in [7, 11) is 0. The number of hydrogen-bond acceptors (Lipinski definition) is 4. The van der Waals surface area contributed by atoms with Crippen LogP contribution in [0, 0.1) is 5.41 Å². The first-order valence-corrected chi connectivity index (χ1v) is 9.54. The zero-order valence-corrected chi connectivity index (χ0v) is 16.4. The van der Waals surface area contributed by atoms with Crippen LogP contribution in [-0.2, 0) is 4.74 Å². The third kappa shape index (κ3) is 4.35. The molecule has 1 fully saturated rings. The van der Waals surface area contributed by atoms with E-state index in [0.717, 1.165) is 11.3 Å². The Morgan fingerprint density at radius 3 is 2.07 bits per heavy atom. The number of amides is 1. The Morgan fingerprint density at radius 2 is 1.45 bits per heavy atom. The Hall–Kier alpha value is -3.47.